The van der Waals surface area contributed by atoms with Gasteiger partial charge in [-0.15, -0.1) is 0 Å². The molecule has 0 spiro atoms. The van der Waals surface area contributed by atoms with E-state index < -0.39 is 29.8 Å². The van der Waals surface area contributed by atoms with Crippen molar-refractivity contribution in [1.82, 2.24) is 5.32 Å². The number of nitrogens with two attached hydrogens (primary N) is 3. The lowest BCUT2D eigenvalue weighted by molar-refractivity contribution is -0.152. The lowest BCUT2D eigenvalue weighted by Gasteiger charge is -2.24. The smallest absolute Gasteiger partial charge is 0.309 e. The molecule has 5 rings (SSSR count). The van der Waals surface area contributed by atoms with Crippen molar-refractivity contribution in [2.75, 3.05) is 26.3 Å². The summed E-state index contributed by atoms with van der Waals surface area (Å²) in [6.45, 7) is 9.15. The van der Waals surface area contributed by atoms with Crippen molar-refractivity contribution in [2.45, 2.75) is 98.1 Å². The number of aliphatic imine (C=N–C) groups is 1. The van der Waals surface area contributed by atoms with Crippen LogP contribution in [0.4, 0.5) is 0 Å². The average Bonchev–Trinajstić information content (AvgIpc) is 3.30. The molecule has 13 heteroatoms. The summed E-state index contributed by atoms with van der Waals surface area (Å²) in [4.78, 5) is 60.1. The van der Waals surface area contributed by atoms with Gasteiger partial charge < -0.3 is 36.7 Å². The minimum atomic E-state index is -0.974. The maximum absolute atomic E-state index is 14.3. The van der Waals surface area contributed by atoms with Gasteiger partial charge in [0.2, 0.25) is 5.91 Å². The van der Waals surface area contributed by atoms with Crippen LogP contribution in [-0.4, -0.2) is 61.7 Å². The molecule has 67 heavy (non-hydrogen) atoms. The summed E-state index contributed by atoms with van der Waals surface area (Å²) in [7, 11) is 0. The second-order valence-corrected chi connectivity index (χ2v) is 18.5. The van der Waals surface area contributed by atoms with Gasteiger partial charge in [0.15, 0.2) is 17.5 Å². The highest BCUT2D eigenvalue weighted by molar-refractivity contribution is 6.30. The quantitative estimate of drug-likeness (QED) is 0.0162. The van der Waals surface area contributed by atoms with Crippen LogP contribution in [0.2, 0.25) is 5.02 Å². The zero-order valence-electron chi connectivity index (χ0n) is 39.4. The molecule has 0 saturated carbocycles. The van der Waals surface area contributed by atoms with E-state index in [1.54, 1.807) is 24.3 Å². The number of hydrogen-bond donors (Lipinski definition) is 4. The Morgan fingerprint density at radius 1 is 0.701 bits per heavy atom. The van der Waals surface area contributed by atoms with Crippen LogP contribution in [0.25, 0.3) is 32.7 Å². The van der Waals surface area contributed by atoms with Crippen molar-refractivity contribution in [2.24, 2.45) is 45.9 Å². The molecule has 5 aromatic carbocycles. The normalized spacial score (nSPS) is 12.7. The van der Waals surface area contributed by atoms with Crippen LogP contribution >= 0.6 is 11.6 Å². The van der Waals surface area contributed by atoms with Gasteiger partial charge in [0, 0.05) is 41.5 Å². The van der Waals surface area contributed by atoms with Crippen LogP contribution < -0.4 is 32.0 Å². The molecule has 1 amide bonds. The highest BCUT2D eigenvalue weighted by atomic mass is 35.5. The van der Waals surface area contributed by atoms with Gasteiger partial charge in [0.05, 0.1) is 18.6 Å². The second kappa shape index (κ2) is 26.4. The number of benzene rings is 5. The Morgan fingerprint density at radius 2 is 1.36 bits per heavy atom. The molecule has 0 radical (unpaired) electrons. The highest BCUT2D eigenvalue weighted by Gasteiger charge is 2.32. The van der Waals surface area contributed by atoms with Gasteiger partial charge in [-0.3, -0.25) is 24.2 Å². The molecule has 3 atom stereocenters. The molecule has 0 aliphatic rings. The highest BCUT2D eigenvalue weighted by Crippen LogP contribution is 2.45. The number of fused-ring (bicyclic) bond motifs is 2. The molecule has 0 unspecified atom stereocenters. The molecular formula is C54H68ClN5O7. The van der Waals surface area contributed by atoms with Crippen LogP contribution in [0, 0.1) is 23.7 Å². The van der Waals surface area contributed by atoms with Crippen molar-refractivity contribution in [3.8, 4) is 22.6 Å². The first-order chi connectivity index (χ1) is 32.2. The molecule has 12 nitrogen and oxygen atoms in total. The zero-order chi connectivity index (χ0) is 48.3. The monoisotopic (exact) mass is 933 g/mol. The van der Waals surface area contributed by atoms with E-state index in [0.717, 1.165) is 50.4 Å². The first-order valence-corrected chi connectivity index (χ1v) is 23.9. The Balaban J connectivity index is 1.37. The van der Waals surface area contributed by atoms with E-state index in [2.05, 4.69) is 42.4 Å². The fourth-order valence-corrected chi connectivity index (χ4v) is 8.45. The third kappa shape index (κ3) is 16.1. The Labute approximate surface area is 400 Å². The number of nitrogens with one attached hydrogen (secondary N) is 1. The molecular weight excluding hydrogens is 866 g/mol. The van der Waals surface area contributed by atoms with Crippen LogP contribution in [0.15, 0.2) is 102 Å². The van der Waals surface area contributed by atoms with E-state index in [-0.39, 0.29) is 62.5 Å². The van der Waals surface area contributed by atoms with Crippen LogP contribution in [-0.2, 0) is 30.5 Å². The summed E-state index contributed by atoms with van der Waals surface area (Å²) < 4.78 is 18.6. The number of ether oxygens (including phenoxy) is 3. The number of carbonyl (C=O) groups excluding carboxylic acids is 4. The van der Waals surface area contributed by atoms with Crippen molar-refractivity contribution in [1.29, 1.82) is 0 Å². The topological polar surface area (TPSA) is 198 Å². The van der Waals surface area contributed by atoms with E-state index in [4.69, 9.17) is 43.0 Å². The lowest BCUT2D eigenvalue weighted by atomic mass is 9.89. The van der Waals surface area contributed by atoms with Gasteiger partial charge in [0.25, 0.3) is 0 Å². The van der Waals surface area contributed by atoms with Crippen molar-refractivity contribution >= 4 is 62.5 Å². The zero-order valence-corrected chi connectivity index (χ0v) is 40.2. The molecule has 358 valence electrons. The number of rotatable bonds is 28. The molecule has 0 aliphatic heterocycles. The number of Topliss-reactive ketones (excluding diaryl/α,β-unsaturated/α-hetero) is 2. The number of hydrogen-bond acceptors (Lipinski definition) is 9. The molecule has 0 fully saturated rings. The largest absolute Gasteiger partial charge is 0.493 e. The molecule has 0 aliphatic carbocycles. The summed E-state index contributed by atoms with van der Waals surface area (Å²) in [5.74, 6) is -1.42. The number of carbonyl (C=O) groups is 4. The van der Waals surface area contributed by atoms with E-state index in [1.807, 2.05) is 68.4 Å². The molecule has 0 bridgehead atoms. The summed E-state index contributed by atoms with van der Waals surface area (Å²) >= 11 is 6.14. The standard InChI is InChI=1S/C54H68ClN5O7/c1-35(2)25-28-65-48-23-21-38-14-5-7-18-44(38)50(48)51-45-19-8-6-15-39(45)22-24-49(51)66-34-43(61)31-40(16-9-10-26-56)52(63)60-46(20-12-27-59-54(57)58)47(62)32-41(29-36(3)4)53(64)67-33-37-13-11-17-42(55)30-37/h5-8,11,13-15,17-19,21-24,30,35-36,40-41,46H,9-10,12,16,20,25-29,31-34,56H2,1-4H3,(H,60,63)(H4,57,58,59)/t40-,41+,46+/m0/s1. The number of esters is 1. The molecule has 0 aromatic heterocycles. The number of guanidine groups is 1. The maximum atomic E-state index is 14.3. The summed E-state index contributed by atoms with van der Waals surface area (Å²) in [5, 5.41) is 7.45. The van der Waals surface area contributed by atoms with Gasteiger partial charge in [-0.05, 0) is 108 Å². The molecule has 7 N–H and O–H groups in total. The lowest BCUT2D eigenvalue weighted by Crippen LogP contribution is -2.45. The predicted octanol–water partition coefficient (Wildman–Crippen LogP) is 9.72. The van der Waals surface area contributed by atoms with Gasteiger partial charge >= 0.3 is 5.97 Å². The van der Waals surface area contributed by atoms with E-state index in [0.29, 0.717) is 61.9 Å². The van der Waals surface area contributed by atoms with Crippen LogP contribution in [0.5, 0.6) is 11.5 Å². The first kappa shape index (κ1) is 52.0. The molecule has 0 heterocycles. The van der Waals surface area contributed by atoms with Crippen LogP contribution in [0.3, 0.4) is 0 Å². The third-order valence-electron chi connectivity index (χ3n) is 11.7. The van der Waals surface area contributed by atoms with Crippen molar-refractivity contribution in [3.05, 3.63) is 108 Å². The Kier molecular flexibility index (Phi) is 20.5. The Morgan fingerprint density at radius 3 is 1.97 bits per heavy atom. The van der Waals surface area contributed by atoms with Gasteiger partial charge in [-0.25, -0.2) is 0 Å². The van der Waals surface area contributed by atoms with E-state index in [9.17, 15) is 19.2 Å². The summed E-state index contributed by atoms with van der Waals surface area (Å²) in [6, 6.07) is 30.1. The Hall–Kier alpha value is -5.98. The third-order valence-corrected chi connectivity index (χ3v) is 11.9. The number of ketones is 2. The maximum Gasteiger partial charge on any atom is 0.309 e. The predicted molar refractivity (Wildman–Crippen MR) is 269 cm³/mol. The number of halogens is 1. The van der Waals surface area contributed by atoms with Gasteiger partial charge in [-0.2, -0.15) is 0 Å². The van der Waals surface area contributed by atoms with Crippen molar-refractivity contribution in [3.63, 3.8) is 0 Å². The minimum absolute atomic E-state index is 0.00230. The van der Waals surface area contributed by atoms with E-state index in [1.165, 1.54) is 0 Å². The van der Waals surface area contributed by atoms with Gasteiger partial charge in [-0.1, -0.05) is 119 Å². The van der Waals surface area contributed by atoms with E-state index >= 15 is 0 Å². The SMILES string of the molecule is CC(C)CCOc1ccc2ccccc2c1-c1c(OCC(=O)C[C@H](CCCCN)C(=O)N[C@H](CCCN=C(N)N)C(=O)C[C@@H](CC(C)C)C(=O)OCc2cccc(Cl)c2)ccc2ccccc12. The van der Waals surface area contributed by atoms with Crippen LogP contribution in [0.1, 0.15) is 91.0 Å². The summed E-state index contributed by atoms with van der Waals surface area (Å²) in [5.41, 5.74) is 19.4. The fraction of sp³-hybridized carbons (Fsp3) is 0.426. The number of amides is 1. The number of nitrogens with zero attached hydrogens (tertiary/aromatic N) is 1. The molecule has 5 aromatic rings. The average molecular weight is 935 g/mol. The summed E-state index contributed by atoms with van der Waals surface area (Å²) in [6.07, 6.45) is 3.20. The molecule has 0 saturated heterocycles. The Bertz CT molecular complexity index is 2470. The second-order valence-electron chi connectivity index (χ2n) is 18.1. The first-order valence-electron chi connectivity index (χ1n) is 23.5. The number of unbranched alkanes of at least 4 members (excludes halogenated alkanes) is 1. The van der Waals surface area contributed by atoms with Gasteiger partial charge in [0.1, 0.15) is 24.7 Å². The minimum Gasteiger partial charge on any atom is -0.493 e. The fourth-order valence-electron chi connectivity index (χ4n) is 8.24. The van der Waals surface area contributed by atoms with Crippen molar-refractivity contribution < 1.29 is 33.4 Å².